The minimum atomic E-state index is -1.31. The van der Waals surface area contributed by atoms with E-state index in [4.69, 9.17) is 0 Å². The quantitative estimate of drug-likeness (QED) is 0.232. The molecule has 1 saturated heterocycles. The molecule has 7 rings (SSSR count). The minimum absolute atomic E-state index is 0.169. The molecule has 0 aromatic heterocycles. The Morgan fingerprint density at radius 2 is 1.52 bits per heavy atom. The number of aryl methyl sites for hydroxylation is 1. The van der Waals surface area contributed by atoms with Crippen LogP contribution in [-0.2, 0) is 16.6 Å². The van der Waals surface area contributed by atoms with Crippen molar-refractivity contribution in [3.8, 4) is 0 Å². The average molecular weight is 618 g/mol. The Labute approximate surface area is 253 Å². The fourth-order valence-corrected chi connectivity index (χ4v) is 7.47. The number of carbonyl (C=O) groups excluding carboxylic acids is 3. The molecule has 3 aliphatic rings. The van der Waals surface area contributed by atoms with E-state index in [0.29, 0.717) is 16.8 Å². The van der Waals surface area contributed by atoms with E-state index < -0.39 is 23.4 Å². The molecule has 3 aliphatic heterocycles. The average Bonchev–Trinajstić information content (AvgIpc) is 3.50. The highest BCUT2D eigenvalue weighted by Gasteiger charge is 2.70. The Kier molecular flexibility index (Phi) is 6.47. The van der Waals surface area contributed by atoms with Crippen LogP contribution in [0.1, 0.15) is 50.8 Å². The number of rotatable bonds is 6. The summed E-state index contributed by atoms with van der Waals surface area (Å²) in [5.41, 5.74) is 4.06. The van der Waals surface area contributed by atoms with Gasteiger partial charge in [-0.05, 0) is 47.4 Å². The number of fused-ring (bicyclic) bond motifs is 6. The first-order valence-electron chi connectivity index (χ1n) is 14.3. The zero-order valence-electron chi connectivity index (χ0n) is 23.1. The number of anilines is 2. The maximum atomic E-state index is 14.8. The number of nitrogens with one attached hydrogen (secondary N) is 1. The molecule has 1 spiro atoms. The lowest BCUT2D eigenvalue weighted by Gasteiger charge is -2.37. The summed E-state index contributed by atoms with van der Waals surface area (Å²) in [7, 11) is 0. The number of amides is 1. The standard InChI is InChI=1S/C36H29BrN2O3/c1-2-7-22-12-14-25(15-13-22)34(41)32-31(33(40)24-16-19-26(37)20-17-24)36(27-9-4-5-10-28(27)38-35(36)42)30-21-18-23-8-3-6-11-29(23)39(30)32/h3-6,8-21,30-32H,2,7H2,1H3,(H,38,42)/t30-,31+,32-,36-/m1/s1. The van der Waals surface area contributed by atoms with Crippen LogP contribution in [0.15, 0.2) is 108 Å². The molecule has 0 radical (unpaired) electrons. The molecule has 208 valence electrons. The number of hydrogen-bond acceptors (Lipinski definition) is 4. The van der Waals surface area contributed by atoms with E-state index in [9.17, 15) is 14.4 Å². The van der Waals surface area contributed by atoms with E-state index in [2.05, 4.69) is 28.2 Å². The summed E-state index contributed by atoms with van der Waals surface area (Å²) in [5.74, 6) is -1.63. The smallest absolute Gasteiger partial charge is 0.238 e. The fourth-order valence-electron chi connectivity index (χ4n) is 7.21. The van der Waals surface area contributed by atoms with Crippen LogP contribution in [0, 0.1) is 5.92 Å². The van der Waals surface area contributed by atoms with E-state index in [0.717, 1.165) is 39.7 Å². The topological polar surface area (TPSA) is 66.5 Å². The van der Waals surface area contributed by atoms with Gasteiger partial charge in [-0.3, -0.25) is 14.4 Å². The number of carbonyl (C=O) groups is 3. The number of hydrogen-bond donors (Lipinski definition) is 1. The Balaban J connectivity index is 1.49. The molecule has 42 heavy (non-hydrogen) atoms. The van der Waals surface area contributed by atoms with Gasteiger partial charge in [-0.1, -0.05) is 114 Å². The van der Waals surface area contributed by atoms with Crippen molar-refractivity contribution in [3.05, 3.63) is 135 Å². The molecule has 1 fully saturated rings. The molecule has 0 saturated carbocycles. The molecule has 0 unspecified atom stereocenters. The number of benzene rings is 4. The number of halogens is 1. The van der Waals surface area contributed by atoms with Crippen molar-refractivity contribution in [2.45, 2.75) is 37.3 Å². The first-order valence-corrected chi connectivity index (χ1v) is 15.1. The highest BCUT2D eigenvalue weighted by molar-refractivity contribution is 9.10. The van der Waals surface area contributed by atoms with Gasteiger partial charge in [0, 0.05) is 27.0 Å². The maximum absolute atomic E-state index is 14.8. The van der Waals surface area contributed by atoms with Gasteiger partial charge in [0.1, 0.15) is 11.5 Å². The molecule has 4 atom stereocenters. The van der Waals surface area contributed by atoms with Gasteiger partial charge in [0.2, 0.25) is 5.91 Å². The van der Waals surface area contributed by atoms with Crippen molar-refractivity contribution in [3.63, 3.8) is 0 Å². The van der Waals surface area contributed by atoms with Crippen molar-refractivity contribution in [2.24, 2.45) is 5.92 Å². The third-order valence-corrected chi connectivity index (χ3v) is 9.53. The summed E-state index contributed by atoms with van der Waals surface area (Å²) >= 11 is 3.47. The molecular weight excluding hydrogens is 588 g/mol. The van der Waals surface area contributed by atoms with Gasteiger partial charge >= 0.3 is 0 Å². The lowest BCUT2D eigenvalue weighted by molar-refractivity contribution is -0.121. The molecule has 5 nitrogen and oxygen atoms in total. The summed E-state index contributed by atoms with van der Waals surface area (Å²) in [6.45, 7) is 2.13. The van der Waals surface area contributed by atoms with Crippen LogP contribution in [0.25, 0.3) is 6.08 Å². The number of ketones is 2. The van der Waals surface area contributed by atoms with Crippen molar-refractivity contribution < 1.29 is 14.4 Å². The molecule has 0 bridgehead atoms. The molecular formula is C36H29BrN2O3. The van der Waals surface area contributed by atoms with Gasteiger partial charge < -0.3 is 10.2 Å². The Hall–Kier alpha value is -4.29. The molecule has 3 heterocycles. The van der Waals surface area contributed by atoms with Crippen molar-refractivity contribution in [1.29, 1.82) is 0 Å². The summed E-state index contributed by atoms with van der Waals surface area (Å²) in [4.78, 5) is 46.0. The largest absolute Gasteiger partial charge is 0.352 e. The lowest BCUT2D eigenvalue weighted by atomic mass is 9.64. The summed E-state index contributed by atoms with van der Waals surface area (Å²) in [6.07, 6.45) is 5.95. The number of para-hydroxylation sites is 2. The van der Waals surface area contributed by atoms with Crippen LogP contribution in [0.2, 0.25) is 0 Å². The van der Waals surface area contributed by atoms with Gasteiger partial charge in [-0.2, -0.15) is 0 Å². The molecule has 6 heteroatoms. The zero-order valence-corrected chi connectivity index (χ0v) is 24.7. The third-order valence-electron chi connectivity index (χ3n) is 9.00. The summed E-state index contributed by atoms with van der Waals surface area (Å²) < 4.78 is 0.846. The molecule has 0 aliphatic carbocycles. The second-order valence-electron chi connectivity index (χ2n) is 11.2. The van der Waals surface area contributed by atoms with Crippen LogP contribution in [0.3, 0.4) is 0 Å². The van der Waals surface area contributed by atoms with E-state index in [-0.39, 0.29) is 17.5 Å². The predicted octanol–water partition coefficient (Wildman–Crippen LogP) is 7.26. The number of nitrogens with zero attached hydrogens (tertiary/aromatic N) is 1. The van der Waals surface area contributed by atoms with Gasteiger partial charge in [0.05, 0.1) is 12.0 Å². The van der Waals surface area contributed by atoms with Gasteiger partial charge in [0.25, 0.3) is 0 Å². The predicted molar refractivity (Wildman–Crippen MR) is 169 cm³/mol. The highest BCUT2D eigenvalue weighted by Crippen LogP contribution is 2.58. The first kappa shape index (κ1) is 26.6. The van der Waals surface area contributed by atoms with Crippen LogP contribution < -0.4 is 10.2 Å². The number of Topliss-reactive ketones (excluding diaryl/α,β-unsaturated/α-hetero) is 2. The monoisotopic (exact) mass is 616 g/mol. The Morgan fingerprint density at radius 1 is 0.857 bits per heavy atom. The van der Waals surface area contributed by atoms with Crippen molar-refractivity contribution >= 4 is 50.9 Å². The van der Waals surface area contributed by atoms with E-state index in [1.165, 1.54) is 0 Å². The maximum Gasteiger partial charge on any atom is 0.238 e. The van der Waals surface area contributed by atoms with E-state index >= 15 is 0 Å². The summed E-state index contributed by atoms with van der Waals surface area (Å²) in [6, 6.07) is 28.9. The first-order chi connectivity index (χ1) is 20.4. The second-order valence-corrected chi connectivity index (χ2v) is 12.2. The Bertz CT molecular complexity index is 1760. The van der Waals surface area contributed by atoms with Gasteiger partial charge in [-0.15, -0.1) is 0 Å². The molecule has 4 aromatic rings. The SMILES string of the molecule is CCCc1ccc(C(=O)[C@H]2[C@@H](C(=O)c3ccc(Br)cc3)[C@]3(C(=O)Nc4ccccc43)[C@H]3C=Cc4ccccc4N23)cc1. The zero-order chi connectivity index (χ0) is 29.0. The second kappa shape index (κ2) is 10.2. The van der Waals surface area contributed by atoms with Crippen LogP contribution in [0.5, 0.6) is 0 Å². The van der Waals surface area contributed by atoms with Crippen LogP contribution in [0.4, 0.5) is 11.4 Å². The highest BCUT2D eigenvalue weighted by atomic mass is 79.9. The lowest BCUT2D eigenvalue weighted by Crippen LogP contribution is -2.51. The summed E-state index contributed by atoms with van der Waals surface area (Å²) in [5, 5.41) is 3.08. The normalized spacial score (nSPS) is 23.3. The van der Waals surface area contributed by atoms with E-state index in [1.807, 2.05) is 102 Å². The van der Waals surface area contributed by atoms with Crippen LogP contribution >= 0.6 is 15.9 Å². The van der Waals surface area contributed by atoms with Crippen molar-refractivity contribution in [1.82, 2.24) is 0 Å². The van der Waals surface area contributed by atoms with E-state index in [1.54, 1.807) is 12.1 Å². The Morgan fingerprint density at radius 3 is 2.29 bits per heavy atom. The molecule has 1 N–H and O–H groups in total. The van der Waals surface area contributed by atoms with Crippen LogP contribution in [-0.4, -0.2) is 29.6 Å². The third kappa shape index (κ3) is 3.85. The van der Waals surface area contributed by atoms with Gasteiger partial charge in [0.15, 0.2) is 11.6 Å². The fraction of sp³-hybridized carbons (Fsp3) is 0.194. The minimum Gasteiger partial charge on any atom is -0.352 e. The van der Waals surface area contributed by atoms with Gasteiger partial charge in [-0.25, -0.2) is 0 Å². The molecule has 1 amide bonds. The molecule has 4 aromatic carbocycles. The van der Waals surface area contributed by atoms with Crippen molar-refractivity contribution in [2.75, 3.05) is 10.2 Å².